The summed E-state index contributed by atoms with van der Waals surface area (Å²) in [7, 11) is 0. The van der Waals surface area contributed by atoms with Gasteiger partial charge >= 0.3 is 0 Å². The smallest absolute Gasteiger partial charge is 0.131 e. The van der Waals surface area contributed by atoms with E-state index in [1.807, 2.05) is 0 Å². The molecule has 0 saturated carbocycles. The summed E-state index contributed by atoms with van der Waals surface area (Å²) in [5, 5.41) is 0. The third-order valence-corrected chi connectivity index (χ3v) is 1.87. The first kappa shape index (κ1) is 17.5. The van der Waals surface area contributed by atoms with Crippen LogP contribution in [0.15, 0.2) is 0 Å². The monoisotopic (exact) mass is 277 g/mol. The Balaban J connectivity index is -0.000000245. The van der Waals surface area contributed by atoms with Crippen LogP contribution in [0.2, 0.25) is 0 Å². The number of thioether (sulfide) groups is 1. The summed E-state index contributed by atoms with van der Waals surface area (Å²) in [6.07, 6.45) is 2.43. The van der Waals surface area contributed by atoms with Gasteiger partial charge in [-0.1, -0.05) is 37.3 Å². The van der Waals surface area contributed by atoms with Crippen LogP contribution in [0, 0.1) is 0 Å². The van der Waals surface area contributed by atoms with Crippen molar-refractivity contribution in [1.82, 2.24) is 0 Å². The van der Waals surface area contributed by atoms with Crippen LogP contribution < -0.4 is 5.73 Å². The fraction of sp³-hybridized carbons (Fsp3) is 0.800. The fourth-order valence-electron chi connectivity index (χ4n) is 0.317. The van der Waals surface area contributed by atoms with Crippen LogP contribution in [0.5, 0.6) is 0 Å². The zero-order chi connectivity index (χ0) is 6.41. The molecule has 10 heavy (non-hydrogen) atoms. The molecule has 1 nitrogen and oxygen atoms in total. The maximum absolute atomic E-state index is 5.23. The van der Waals surface area contributed by atoms with Gasteiger partial charge < -0.3 is 5.73 Å². The minimum absolute atomic E-state index is 0. The topological polar surface area (TPSA) is 26.0 Å². The Morgan fingerprint density at radius 2 is 2.00 bits per heavy atom. The van der Waals surface area contributed by atoms with Crippen molar-refractivity contribution >= 4 is 28.3 Å². The minimum Gasteiger partial charge on any atom is -0.385 e. The summed E-state index contributed by atoms with van der Waals surface area (Å²) in [4.78, 5) is 0. The number of hydrogen-bond donors (Lipinski definition) is 1. The molecule has 0 rings (SSSR count). The van der Waals surface area contributed by atoms with Gasteiger partial charge in [-0.15, -0.1) is 0 Å². The van der Waals surface area contributed by atoms with Gasteiger partial charge in [0.1, 0.15) is 4.32 Å². The van der Waals surface area contributed by atoms with E-state index in [1.165, 1.54) is 12.8 Å². The molecule has 0 fully saturated rings. The first-order valence-corrected chi connectivity index (χ1v) is 4.09. The molecular formula is C5H11NS2Zn2. The third kappa shape index (κ3) is 16.2. The number of thiocarbonyl (C=S) groups is 1. The summed E-state index contributed by atoms with van der Waals surface area (Å²) >= 11 is 6.21. The molecule has 0 spiro atoms. The van der Waals surface area contributed by atoms with Gasteiger partial charge in [0.25, 0.3) is 0 Å². The summed E-state index contributed by atoms with van der Waals surface area (Å²) in [5.41, 5.74) is 5.23. The van der Waals surface area contributed by atoms with E-state index in [1.54, 1.807) is 11.8 Å². The summed E-state index contributed by atoms with van der Waals surface area (Å²) in [6, 6.07) is 0. The summed E-state index contributed by atoms with van der Waals surface area (Å²) in [5.74, 6) is 1.08. The molecule has 0 atom stereocenters. The Hall–Kier alpha value is 1.49. The maximum atomic E-state index is 5.23. The molecule has 0 unspecified atom stereocenters. The van der Waals surface area contributed by atoms with E-state index < -0.39 is 0 Å². The van der Waals surface area contributed by atoms with E-state index in [-0.39, 0.29) is 39.0 Å². The van der Waals surface area contributed by atoms with Crippen LogP contribution in [0.3, 0.4) is 0 Å². The van der Waals surface area contributed by atoms with Crippen LogP contribution in [0.1, 0.15) is 19.8 Å². The number of unbranched alkanes of at least 4 members (excludes halogenated alkanes) is 1. The number of rotatable bonds is 3. The van der Waals surface area contributed by atoms with Gasteiger partial charge in [0.05, 0.1) is 0 Å². The largest absolute Gasteiger partial charge is 0.385 e. The molecule has 0 aliphatic carbocycles. The van der Waals surface area contributed by atoms with Crippen molar-refractivity contribution in [3.63, 3.8) is 0 Å². The molecule has 0 radical (unpaired) electrons. The van der Waals surface area contributed by atoms with E-state index in [0.717, 1.165) is 5.75 Å². The second kappa shape index (κ2) is 13.1. The average Bonchev–Trinajstić information content (AvgIpc) is 1.66. The third-order valence-electron chi connectivity index (χ3n) is 0.742. The van der Waals surface area contributed by atoms with Crippen molar-refractivity contribution < 1.29 is 39.0 Å². The Bertz CT molecular complexity index is 80.0. The molecule has 0 aliphatic heterocycles. The molecule has 0 aromatic heterocycles. The van der Waals surface area contributed by atoms with E-state index in [9.17, 15) is 0 Å². The van der Waals surface area contributed by atoms with E-state index in [0.29, 0.717) is 4.32 Å². The molecular weight excluding hydrogens is 269 g/mol. The minimum atomic E-state index is 0. The van der Waals surface area contributed by atoms with Gasteiger partial charge in [0.15, 0.2) is 0 Å². The standard InChI is InChI=1S/C5H11NS2.2Zn/c1-2-3-4-8-5(6)7;;/h2-4H2,1H3,(H2,6,7);;. The fourth-order valence-corrected chi connectivity index (χ4v) is 1.20. The average molecular weight is 280 g/mol. The maximum Gasteiger partial charge on any atom is 0.131 e. The van der Waals surface area contributed by atoms with E-state index in [2.05, 4.69) is 19.1 Å². The van der Waals surface area contributed by atoms with Crippen molar-refractivity contribution in [2.24, 2.45) is 5.73 Å². The van der Waals surface area contributed by atoms with Crippen molar-refractivity contribution in [3.8, 4) is 0 Å². The molecule has 52 valence electrons. The van der Waals surface area contributed by atoms with Crippen molar-refractivity contribution in [2.45, 2.75) is 19.8 Å². The predicted molar refractivity (Wildman–Crippen MR) is 44.2 cm³/mol. The quantitative estimate of drug-likeness (QED) is 0.484. The molecule has 0 aromatic carbocycles. The molecule has 0 bridgehead atoms. The summed E-state index contributed by atoms with van der Waals surface area (Å²) < 4.78 is 0.568. The Morgan fingerprint density at radius 1 is 1.50 bits per heavy atom. The summed E-state index contributed by atoms with van der Waals surface area (Å²) in [6.45, 7) is 2.15. The normalized spacial score (nSPS) is 7.30. The molecule has 5 heteroatoms. The molecule has 0 saturated heterocycles. The molecule has 0 aliphatic rings. The van der Waals surface area contributed by atoms with Gasteiger partial charge in [-0.2, -0.15) is 0 Å². The van der Waals surface area contributed by atoms with Crippen molar-refractivity contribution in [2.75, 3.05) is 5.75 Å². The van der Waals surface area contributed by atoms with Crippen LogP contribution in [-0.2, 0) is 39.0 Å². The van der Waals surface area contributed by atoms with Crippen molar-refractivity contribution in [3.05, 3.63) is 0 Å². The van der Waals surface area contributed by atoms with Crippen LogP contribution in [-0.4, -0.2) is 10.1 Å². The van der Waals surface area contributed by atoms with Crippen LogP contribution in [0.25, 0.3) is 0 Å². The number of nitrogens with two attached hydrogens (primary N) is 1. The van der Waals surface area contributed by atoms with Gasteiger partial charge in [-0.25, -0.2) is 0 Å². The number of hydrogen-bond acceptors (Lipinski definition) is 2. The molecule has 0 amide bonds. The van der Waals surface area contributed by atoms with Gasteiger partial charge in [0, 0.05) is 44.7 Å². The second-order valence-electron chi connectivity index (χ2n) is 1.52. The first-order valence-electron chi connectivity index (χ1n) is 2.69. The zero-order valence-corrected chi connectivity index (χ0v) is 14.0. The van der Waals surface area contributed by atoms with E-state index in [4.69, 9.17) is 5.73 Å². The zero-order valence-electron chi connectivity index (χ0n) is 6.43. The Kier molecular flexibility index (Phi) is 23.0. The molecule has 0 heterocycles. The SMILES string of the molecule is CCCCSC(N)=S.[Zn].[Zn]. The van der Waals surface area contributed by atoms with Gasteiger partial charge in [-0.05, 0) is 6.42 Å². The predicted octanol–water partition coefficient (Wildman–Crippen LogP) is 1.76. The molecule has 0 aromatic rings. The Morgan fingerprint density at radius 3 is 2.30 bits per heavy atom. The van der Waals surface area contributed by atoms with E-state index >= 15 is 0 Å². The second-order valence-corrected chi connectivity index (χ2v) is 3.36. The first-order chi connectivity index (χ1) is 3.77. The Labute approximate surface area is 97.8 Å². The molecule has 2 N–H and O–H groups in total. The van der Waals surface area contributed by atoms with Gasteiger partial charge in [-0.3, -0.25) is 0 Å². The van der Waals surface area contributed by atoms with Crippen molar-refractivity contribution in [1.29, 1.82) is 0 Å². The van der Waals surface area contributed by atoms with Gasteiger partial charge in [0.2, 0.25) is 0 Å². The van der Waals surface area contributed by atoms with Crippen LogP contribution >= 0.6 is 24.0 Å². The van der Waals surface area contributed by atoms with Crippen LogP contribution in [0.4, 0.5) is 0 Å².